The molecule has 0 aliphatic carbocycles. The second kappa shape index (κ2) is 6.11. The number of hydrogen-bond donors (Lipinski definition) is 2. The summed E-state index contributed by atoms with van der Waals surface area (Å²) in [5.74, 6) is 0.905. The lowest BCUT2D eigenvalue weighted by atomic mass is 10.2. The topological polar surface area (TPSA) is 63.8 Å². The van der Waals surface area contributed by atoms with Crippen molar-refractivity contribution >= 4 is 27.4 Å². The second-order valence-electron chi connectivity index (χ2n) is 4.44. The lowest BCUT2D eigenvalue weighted by Crippen LogP contribution is -2.29. The molecule has 0 fully saturated rings. The summed E-state index contributed by atoms with van der Waals surface area (Å²) in [5, 5.41) is 4.45. The zero-order valence-electron chi connectivity index (χ0n) is 10.9. The third kappa shape index (κ3) is 2.97. The van der Waals surface area contributed by atoms with E-state index in [1.165, 1.54) is 4.88 Å². The van der Waals surface area contributed by atoms with Crippen molar-refractivity contribution in [3.8, 4) is 0 Å². The van der Waals surface area contributed by atoms with E-state index in [9.17, 15) is 0 Å². The summed E-state index contributed by atoms with van der Waals surface area (Å²) in [6, 6.07) is 2.36. The van der Waals surface area contributed by atoms with Crippen molar-refractivity contribution in [2.75, 3.05) is 11.9 Å². The van der Waals surface area contributed by atoms with Crippen LogP contribution >= 0.6 is 11.3 Å². The van der Waals surface area contributed by atoms with Gasteiger partial charge in [-0.25, -0.2) is 9.97 Å². The number of hydrogen-bond acceptors (Lipinski definition) is 5. The molecule has 2 heterocycles. The maximum Gasteiger partial charge on any atom is 0.138 e. The molecule has 0 aliphatic heterocycles. The Kier molecular flexibility index (Phi) is 4.49. The molecule has 0 aromatic carbocycles. The third-order valence-corrected chi connectivity index (χ3v) is 4.11. The highest BCUT2D eigenvalue weighted by Crippen LogP contribution is 2.28. The standard InChI is InChI=1S/C13H20N4S/c1-3-5-9(14)7-15-12-11-6-10(4-2)18-13(11)17-8-16-12/h6,8-9H,3-5,7,14H2,1-2H3,(H,15,16,17). The van der Waals surface area contributed by atoms with Crippen molar-refractivity contribution in [1.82, 2.24) is 9.97 Å². The molecule has 1 unspecified atom stereocenters. The van der Waals surface area contributed by atoms with E-state index in [4.69, 9.17) is 5.73 Å². The predicted molar refractivity (Wildman–Crippen MR) is 78.2 cm³/mol. The highest BCUT2D eigenvalue weighted by molar-refractivity contribution is 7.18. The number of nitrogens with zero attached hydrogens (tertiary/aromatic N) is 2. The zero-order chi connectivity index (χ0) is 13.0. The van der Waals surface area contributed by atoms with Gasteiger partial charge in [0.25, 0.3) is 0 Å². The number of thiophene rings is 1. The Labute approximate surface area is 112 Å². The van der Waals surface area contributed by atoms with E-state index in [1.807, 2.05) is 0 Å². The van der Waals surface area contributed by atoms with Gasteiger partial charge in [-0.2, -0.15) is 0 Å². The Morgan fingerprint density at radius 1 is 1.39 bits per heavy atom. The van der Waals surface area contributed by atoms with Crippen LogP contribution < -0.4 is 11.1 Å². The van der Waals surface area contributed by atoms with Crippen molar-refractivity contribution in [3.05, 3.63) is 17.3 Å². The zero-order valence-corrected chi connectivity index (χ0v) is 11.8. The normalized spacial score (nSPS) is 12.8. The Hall–Kier alpha value is -1.20. The fraction of sp³-hybridized carbons (Fsp3) is 0.538. The molecule has 0 saturated heterocycles. The van der Waals surface area contributed by atoms with E-state index in [0.29, 0.717) is 0 Å². The maximum atomic E-state index is 6.00. The van der Waals surface area contributed by atoms with Crippen molar-refractivity contribution in [3.63, 3.8) is 0 Å². The van der Waals surface area contributed by atoms with E-state index in [1.54, 1.807) is 17.7 Å². The molecule has 0 spiro atoms. The SMILES string of the molecule is CCCC(N)CNc1ncnc2sc(CC)cc12. The molecule has 98 valence electrons. The number of nitrogens with one attached hydrogen (secondary N) is 1. The second-order valence-corrected chi connectivity index (χ2v) is 5.55. The first-order chi connectivity index (χ1) is 8.74. The molecular weight excluding hydrogens is 244 g/mol. The van der Waals surface area contributed by atoms with Crippen molar-refractivity contribution < 1.29 is 0 Å². The van der Waals surface area contributed by atoms with Crippen LogP contribution in [0.25, 0.3) is 10.2 Å². The molecule has 2 aromatic heterocycles. The molecule has 2 rings (SSSR count). The minimum absolute atomic E-state index is 0.185. The summed E-state index contributed by atoms with van der Waals surface area (Å²) in [4.78, 5) is 11.0. The van der Waals surface area contributed by atoms with E-state index >= 15 is 0 Å². The lowest BCUT2D eigenvalue weighted by Gasteiger charge is -2.12. The van der Waals surface area contributed by atoms with Crippen LogP contribution in [0.2, 0.25) is 0 Å². The van der Waals surface area contributed by atoms with E-state index in [-0.39, 0.29) is 6.04 Å². The van der Waals surface area contributed by atoms with Crippen LogP contribution in [0.5, 0.6) is 0 Å². The van der Waals surface area contributed by atoms with Crippen molar-refractivity contribution in [1.29, 1.82) is 0 Å². The molecule has 18 heavy (non-hydrogen) atoms. The predicted octanol–water partition coefficient (Wildman–Crippen LogP) is 2.79. The first-order valence-corrected chi connectivity index (χ1v) is 7.29. The van der Waals surface area contributed by atoms with Gasteiger partial charge in [-0.3, -0.25) is 0 Å². The molecule has 0 aliphatic rings. The molecule has 0 amide bonds. The lowest BCUT2D eigenvalue weighted by molar-refractivity contribution is 0.626. The summed E-state index contributed by atoms with van der Waals surface area (Å²) >= 11 is 1.73. The molecule has 3 N–H and O–H groups in total. The highest BCUT2D eigenvalue weighted by Gasteiger charge is 2.08. The number of nitrogens with two attached hydrogens (primary N) is 1. The Morgan fingerprint density at radius 2 is 2.22 bits per heavy atom. The van der Waals surface area contributed by atoms with Gasteiger partial charge in [0, 0.05) is 17.5 Å². The molecule has 1 atom stereocenters. The van der Waals surface area contributed by atoms with Gasteiger partial charge >= 0.3 is 0 Å². The minimum atomic E-state index is 0.185. The van der Waals surface area contributed by atoms with Gasteiger partial charge in [0.1, 0.15) is 17.0 Å². The average molecular weight is 264 g/mol. The van der Waals surface area contributed by atoms with Gasteiger partial charge in [-0.15, -0.1) is 11.3 Å². The third-order valence-electron chi connectivity index (χ3n) is 2.92. The Morgan fingerprint density at radius 3 is 2.94 bits per heavy atom. The number of fused-ring (bicyclic) bond motifs is 1. The number of aromatic nitrogens is 2. The van der Waals surface area contributed by atoms with Gasteiger partial charge in [0.2, 0.25) is 0 Å². The monoisotopic (exact) mass is 264 g/mol. The highest BCUT2D eigenvalue weighted by atomic mass is 32.1. The van der Waals surface area contributed by atoms with E-state index < -0.39 is 0 Å². The number of rotatable bonds is 6. The quantitative estimate of drug-likeness (QED) is 0.842. The molecule has 0 bridgehead atoms. The van der Waals surface area contributed by atoms with Crippen molar-refractivity contribution in [2.24, 2.45) is 5.73 Å². The number of anilines is 1. The maximum absolute atomic E-state index is 6.00. The van der Waals surface area contributed by atoms with Crippen LogP contribution in [0.1, 0.15) is 31.6 Å². The van der Waals surface area contributed by atoms with Crippen LogP contribution in [-0.4, -0.2) is 22.6 Å². The smallest absolute Gasteiger partial charge is 0.138 e. The van der Waals surface area contributed by atoms with E-state index in [0.717, 1.165) is 41.8 Å². The van der Waals surface area contributed by atoms with Crippen LogP contribution in [0.3, 0.4) is 0 Å². The molecular formula is C13H20N4S. The minimum Gasteiger partial charge on any atom is -0.368 e. The van der Waals surface area contributed by atoms with E-state index in [2.05, 4.69) is 35.2 Å². The fourth-order valence-electron chi connectivity index (χ4n) is 1.92. The van der Waals surface area contributed by atoms with Gasteiger partial charge in [0.15, 0.2) is 0 Å². The summed E-state index contributed by atoms with van der Waals surface area (Å²) in [6.07, 6.45) is 4.80. The Bertz CT molecular complexity index is 509. The summed E-state index contributed by atoms with van der Waals surface area (Å²) in [6.45, 7) is 5.06. The summed E-state index contributed by atoms with van der Waals surface area (Å²) < 4.78 is 0. The first kappa shape index (κ1) is 13.2. The summed E-state index contributed by atoms with van der Waals surface area (Å²) in [5.41, 5.74) is 6.00. The molecule has 5 heteroatoms. The fourth-order valence-corrected chi connectivity index (χ4v) is 2.86. The Balaban J connectivity index is 2.14. The largest absolute Gasteiger partial charge is 0.368 e. The van der Waals surface area contributed by atoms with Crippen LogP contribution in [0.4, 0.5) is 5.82 Å². The average Bonchev–Trinajstić information content (AvgIpc) is 2.80. The number of aryl methyl sites for hydroxylation is 1. The van der Waals surface area contributed by atoms with Gasteiger partial charge in [-0.05, 0) is 18.9 Å². The van der Waals surface area contributed by atoms with Gasteiger partial charge < -0.3 is 11.1 Å². The van der Waals surface area contributed by atoms with Crippen LogP contribution in [-0.2, 0) is 6.42 Å². The van der Waals surface area contributed by atoms with Crippen LogP contribution in [0.15, 0.2) is 12.4 Å². The molecule has 0 saturated carbocycles. The van der Waals surface area contributed by atoms with Crippen molar-refractivity contribution in [2.45, 2.75) is 39.2 Å². The van der Waals surface area contributed by atoms with Gasteiger partial charge in [-0.1, -0.05) is 20.3 Å². The van der Waals surface area contributed by atoms with Gasteiger partial charge in [0.05, 0.1) is 5.39 Å². The first-order valence-electron chi connectivity index (χ1n) is 6.47. The molecule has 0 radical (unpaired) electrons. The molecule has 2 aromatic rings. The molecule has 4 nitrogen and oxygen atoms in total. The van der Waals surface area contributed by atoms with Crippen LogP contribution in [0, 0.1) is 0 Å². The summed E-state index contributed by atoms with van der Waals surface area (Å²) in [7, 11) is 0.